The fraction of sp³-hybridized carbons (Fsp3) is 0.600. The van der Waals surface area contributed by atoms with Crippen LogP contribution in [0, 0.1) is 0 Å². The Bertz CT molecular complexity index is 515. The van der Waals surface area contributed by atoms with Crippen LogP contribution < -0.4 is 14.2 Å². The van der Waals surface area contributed by atoms with Crippen molar-refractivity contribution in [2.75, 3.05) is 27.5 Å². The van der Waals surface area contributed by atoms with Crippen molar-refractivity contribution in [3.8, 4) is 17.2 Å². The number of likely N-dealkylation sites (N-methyl/N-ethyl adjacent to an activating group) is 1. The first-order valence-electron chi connectivity index (χ1n) is 6.99. The molecule has 0 aliphatic carbocycles. The summed E-state index contributed by atoms with van der Waals surface area (Å²) in [6.45, 7) is 3.03. The molecule has 5 nitrogen and oxygen atoms in total. The molecule has 0 fully saturated rings. The van der Waals surface area contributed by atoms with Gasteiger partial charge in [0.15, 0.2) is 11.5 Å². The molecular weight excluding hydrogens is 258 g/mol. The number of rotatable bonds is 3. The molecule has 0 amide bonds. The number of methoxy groups -OCH3 is 1. The predicted molar refractivity (Wildman–Crippen MR) is 74.5 cm³/mol. The normalized spacial score (nSPS) is 22.5. The molecule has 20 heavy (non-hydrogen) atoms. The van der Waals surface area contributed by atoms with Gasteiger partial charge in [-0.1, -0.05) is 0 Å². The van der Waals surface area contributed by atoms with Crippen LogP contribution in [-0.2, 0) is 6.42 Å². The minimum absolute atomic E-state index is 0.142. The van der Waals surface area contributed by atoms with E-state index in [4.69, 9.17) is 14.2 Å². The van der Waals surface area contributed by atoms with Crippen LogP contribution in [0.3, 0.4) is 0 Å². The number of benzene rings is 1. The van der Waals surface area contributed by atoms with Crippen LogP contribution in [0.4, 0.5) is 0 Å². The number of fused-ring (bicyclic) bond motifs is 2. The third-order valence-corrected chi connectivity index (χ3v) is 4.11. The smallest absolute Gasteiger partial charge is 0.231 e. The van der Waals surface area contributed by atoms with Gasteiger partial charge in [0.2, 0.25) is 12.5 Å². The molecule has 3 rings (SSSR count). The molecule has 5 heteroatoms. The van der Waals surface area contributed by atoms with E-state index in [-0.39, 0.29) is 18.9 Å². The minimum Gasteiger partial charge on any atom is -0.492 e. The highest BCUT2D eigenvalue weighted by Gasteiger charge is 2.34. The lowest BCUT2D eigenvalue weighted by molar-refractivity contribution is 0.119. The van der Waals surface area contributed by atoms with Crippen LogP contribution >= 0.6 is 0 Å². The van der Waals surface area contributed by atoms with Gasteiger partial charge >= 0.3 is 0 Å². The summed E-state index contributed by atoms with van der Waals surface area (Å²) >= 11 is 0. The van der Waals surface area contributed by atoms with E-state index in [1.807, 2.05) is 6.92 Å². The maximum absolute atomic E-state index is 9.78. The second-order valence-corrected chi connectivity index (χ2v) is 5.55. The summed E-state index contributed by atoms with van der Waals surface area (Å²) in [4.78, 5) is 2.26. The van der Waals surface area contributed by atoms with Gasteiger partial charge in [0.05, 0.1) is 13.2 Å². The van der Waals surface area contributed by atoms with Gasteiger partial charge in [-0.3, -0.25) is 4.90 Å². The van der Waals surface area contributed by atoms with Crippen LogP contribution in [0.15, 0.2) is 6.07 Å². The molecule has 0 unspecified atom stereocenters. The second-order valence-electron chi connectivity index (χ2n) is 5.55. The minimum atomic E-state index is -0.358. The Kier molecular flexibility index (Phi) is 3.48. The van der Waals surface area contributed by atoms with E-state index in [9.17, 15) is 5.11 Å². The van der Waals surface area contributed by atoms with Crippen molar-refractivity contribution in [3.05, 3.63) is 17.2 Å². The zero-order valence-electron chi connectivity index (χ0n) is 12.2. The van der Waals surface area contributed by atoms with Gasteiger partial charge < -0.3 is 19.3 Å². The molecule has 1 N–H and O–H groups in total. The Labute approximate surface area is 119 Å². The van der Waals surface area contributed by atoms with E-state index < -0.39 is 0 Å². The summed E-state index contributed by atoms with van der Waals surface area (Å²) in [7, 11) is 3.74. The molecule has 2 heterocycles. The second kappa shape index (κ2) is 5.14. The summed E-state index contributed by atoms with van der Waals surface area (Å²) in [5.74, 6) is 2.21. The highest BCUT2D eigenvalue weighted by Crippen LogP contribution is 2.50. The third-order valence-electron chi connectivity index (χ3n) is 4.11. The third kappa shape index (κ3) is 2.11. The first kappa shape index (κ1) is 13.5. The molecule has 2 atom stereocenters. The van der Waals surface area contributed by atoms with Gasteiger partial charge in [0.1, 0.15) is 0 Å². The number of aliphatic hydroxyl groups excluding tert-OH is 1. The lowest BCUT2D eigenvalue weighted by atomic mass is 9.88. The van der Waals surface area contributed by atoms with E-state index in [2.05, 4.69) is 18.0 Å². The van der Waals surface area contributed by atoms with E-state index in [1.54, 1.807) is 7.11 Å². The maximum Gasteiger partial charge on any atom is 0.231 e. The first-order chi connectivity index (χ1) is 9.61. The van der Waals surface area contributed by atoms with Gasteiger partial charge in [-0.2, -0.15) is 0 Å². The molecule has 0 spiro atoms. The largest absolute Gasteiger partial charge is 0.492 e. The van der Waals surface area contributed by atoms with Crippen LogP contribution in [-0.4, -0.2) is 43.6 Å². The number of nitrogens with zero attached hydrogens (tertiary/aromatic N) is 1. The van der Waals surface area contributed by atoms with Crippen LogP contribution in [0.25, 0.3) is 0 Å². The molecule has 1 aromatic carbocycles. The number of aliphatic hydroxyl groups is 1. The van der Waals surface area contributed by atoms with Gasteiger partial charge in [-0.05, 0) is 38.4 Å². The molecule has 1 aromatic rings. The van der Waals surface area contributed by atoms with E-state index >= 15 is 0 Å². The lowest BCUT2D eigenvalue weighted by Crippen LogP contribution is -2.34. The average Bonchev–Trinajstić information content (AvgIpc) is 2.87. The summed E-state index contributed by atoms with van der Waals surface area (Å²) in [6, 6.07) is 2.20. The Balaban J connectivity index is 2.12. The molecule has 2 aliphatic heterocycles. The Morgan fingerprint density at radius 1 is 1.50 bits per heavy atom. The summed E-state index contributed by atoms with van der Waals surface area (Å²) in [6.07, 6.45) is 1.28. The van der Waals surface area contributed by atoms with Crippen LogP contribution in [0.1, 0.15) is 30.5 Å². The van der Waals surface area contributed by atoms with Crippen molar-refractivity contribution in [2.24, 2.45) is 0 Å². The van der Waals surface area contributed by atoms with Crippen molar-refractivity contribution >= 4 is 0 Å². The molecular formula is C15H21NO4. The van der Waals surface area contributed by atoms with E-state index in [1.165, 1.54) is 5.56 Å². The zero-order valence-corrected chi connectivity index (χ0v) is 12.2. The van der Waals surface area contributed by atoms with Gasteiger partial charge in [0, 0.05) is 18.2 Å². The van der Waals surface area contributed by atoms with Crippen molar-refractivity contribution < 1.29 is 19.3 Å². The monoisotopic (exact) mass is 279 g/mol. The topological polar surface area (TPSA) is 51.2 Å². The molecule has 0 saturated carbocycles. The Morgan fingerprint density at radius 2 is 2.30 bits per heavy atom. The van der Waals surface area contributed by atoms with E-state index in [0.717, 1.165) is 30.0 Å². The van der Waals surface area contributed by atoms with Crippen molar-refractivity contribution in [1.29, 1.82) is 0 Å². The highest BCUT2D eigenvalue weighted by atomic mass is 16.7. The molecule has 0 aromatic heterocycles. The number of ether oxygens (including phenoxy) is 3. The van der Waals surface area contributed by atoms with Gasteiger partial charge in [-0.25, -0.2) is 0 Å². The number of hydrogen-bond acceptors (Lipinski definition) is 5. The Morgan fingerprint density at radius 3 is 3.00 bits per heavy atom. The Hall–Kier alpha value is -1.46. The first-order valence-corrected chi connectivity index (χ1v) is 6.99. The standard InChI is InChI=1S/C15H21NO4/c1-9(17)6-11-13-10(4-5-16(11)2)7-12-14(15(13)18-3)20-8-19-12/h7,9,11,17H,4-6,8H2,1-3H3/t9-,11-/m0/s1. The molecule has 0 bridgehead atoms. The van der Waals surface area contributed by atoms with Crippen LogP contribution in [0.2, 0.25) is 0 Å². The lowest BCUT2D eigenvalue weighted by Gasteiger charge is -2.36. The number of hydrogen-bond donors (Lipinski definition) is 1. The predicted octanol–water partition coefficient (Wildman–Crippen LogP) is 1.72. The SMILES string of the molecule is COc1c2c(cc3c1[C@H](C[C@H](C)O)N(C)CC3)OCO2. The fourth-order valence-electron chi connectivity index (χ4n) is 3.15. The summed E-state index contributed by atoms with van der Waals surface area (Å²) in [5, 5.41) is 9.78. The molecule has 0 radical (unpaired) electrons. The van der Waals surface area contributed by atoms with E-state index in [0.29, 0.717) is 12.2 Å². The summed E-state index contributed by atoms with van der Waals surface area (Å²) in [5.41, 5.74) is 2.36. The summed E-state index contributed by atoms with van der Waals surface area (Å²) < 4.78 is 16.6. The zero-order chi connectivity index (χ0) is 14.3. The molecule has 2 aliphatic rings. The van der Waals surface area contributed by atoms with Crippen molar-refractivity contribution in [2.45, 2.75) is 31.9 Å². The average molecular weight is 279 g/mol. The molecule has 0 saturated heterocycles. The fourth-order valence-corrected chi connectivity index (χ4v) is 3.15. The van der Waals surface area contributed by atoms with Gasteiger partial charge in [-0.15, -0.1) is 0 Å². The van der Waals surface area contributed by atoms with Crippen molar-refractivity contribution in [1.82, 2.24) is 4.90 Å². The quantitative estimate of drug-likeness (QED) is 0.913. The highest BCUT2D eigenvalue weighted by molar-refractivity contribution is 5.61. The molecule has 110 valence electrons. The maximum atomic E-state index is 9.78. The van der Waals surface area contributed by atoms with Gasteiger partial charge in [0.25, 0.3) is 0 Å². The van der Waals surface area contributed by atoms with Crippen LogP contribution in [0.5, 0.6) is 17.2 Å². The van der Waals surface area contributed by atoms with Crippen molar-refractivity contribution in [3.63, 3.8) is 0 Å².